The Labute approximate surface area is 162 Å². The average molecular weight is 369 g/mol. The van der Waals surface area contributed by atoms with Crippen molar-refractivity contribution in [3.05, 3.63) is 47.8 Å². The van der Waals surface area contributed by atoms with E-state index in [4.69, 9.17) is 4.74 Å². The van der Waals surface area contributed by atoms with Crippen molar-refractivity contribution in [3.63, 3.8) is 0 Å². The van der Waals surface area contributed by atoms with Crippen LogP contribution in [0.1, 0.15) is 36.8 Å². The summed E-state index contributed by atoms with van der Waals surface area (Å²) in [5, 5.41) is 4.30. The smallest absolute Gasteiger partial charge is 0.119 e. The minimum atomic E-state index is 0.580. The summed E-state index contributed by atoms with van der Waals surface area (Å²) < 4.78 is 7.26. The van der Waals surface area contributed by atoms with Crippen LogP contribution in [0, 0.1) is 5.41 Å². The van der Waals surface area contributed by atoms with E-state index in [0.29, 0.717) is 5.41 Å². The molecule has 0 amide bonds. The van der Waals surface area contributed by atoms with Crippen molar-refractivity contribution in [1.82, 2.24) is 19.6 Å². The molecule has 5 nitrogen and oxygen atoms in total. The maximum Gasteiger partial charge on any atom is 0.119 e. The van der Waals surface area contributed by atoms with E-state index in [0.717, 1.165) is 18.8 Å². The van der Waals surface area contributed by atoms with Crippen LogP contribution in [0.4, 0.5) is 0 Å². The van der Waals surface area contributed by atoms with Gasteiger partial charge in [0.2, 0.25) is 0 Å². The first kappa shape index (κ1) is 18.5. The van der Waals surface area contributed by atoms with Crippen molar-refractivity contribution in [3.8, 4) is 5.75 Å². The highest BCUT2D eigenvalue weighted by atomic mass is 16.5. The van der Waals surface area contributed by atoms with Crippen molar-refractivity contribution in [2.24, 2.45) is 12.5 Å². The van der Waals surface area contributed by atoms with Gasteiger partial charge in [0.25, 0.3) is 0 Å². The Morgan fingerprint density at radius 3 is 2.15 bits per heavy atom. The molecule has 1 aromatic heterocycles. The van der Waals surface area contributed by atoms with Gasteiger partial charge in [-0.25, -0.2) is 0 Å². The molecule has 2 aliphatic rings. The molecule has 146 valence electrons. The molecule has 0 bridgehead atoms. The zero-order valence-corrected chi connectivity index (χ0v) is 16.7. The van der Waals surface area contributed by atoms with Crippen molar-refractivity contribution in [1.29, 1.82) is 0 Å². The van der Waals surface area contributed by atoms with E-state index in [9.17, 15) is 0 Å². The van der Waals surface area contributed by atoms with Gasteiger partial charge in [0.05, 0.1) is 13.3 Å². The molecular formula is C22H32N4O. The van der Waals surface area contributed by atoms with Crippen LogP contribution in [0.2, 0.25) is 0 Å². The SMILES string of the molecule is COc1cccc(CN2CCC3(CC2)CCN(Cc2cnn(C)c2)CC3)c1. The fourth-order valence-electron chi connectivity index (χ4n) is 4.71. The first-order valence-corrected chi connectivity index (χ1v) is 10.2. The molecule has 3 heterocycles. The molecule has 1 aromatic carbocycles. The number of likely N-dealkylation sites (tertiary alicyclic amines) is 2. The second kappa shape index (κ2) is 8.03. The number of rotatable bonds is 5. The average Bonchev–Trinajstić information content (AvgIpc) is 3.11. The van der Waals surface area contributed by atoms with Gasteiger partial charge in [0, 0.05) is 31.9 Å². The topological polar surface area (TPSA) is 33.5 Å². The molecule has 0 atom stereocenters. The number of hydrogen-bond acceptors (Lipinski definition) is 4. The van der Waals surface area contributed by atoms with Gasteiger partial charge in [-0.2, -0.15) is 5.10 Å². The van der Waals surface area contributed by atoms with Gasteiger partial charge in [-0.15, -0.1) is 0 Å². The monoisotopic (exact) mass is 368 g/mol. The zero-order chi connectivity index (χ0) is 18.7. The molecule has 2 aromatic rings. The van der Waals surface area contributed by atoms with Gasteiger partial charge < -0.3 is 4.74 Å². The Morgan fingerprint density at radius 1 is 0.963 bits per heavy atom. The van der Waals surface area contributed by atoms with Crippen molar-refractivity contribution in [2.75, 3.05) is 33.3 Å². The third kappa shape index (κ3) is 4.53. The lowest BCUT2D eigenvalue weighted by atomic mass is 9.71. The molecule has 27 heavy (non-hydrogen) atoms. The Balaban J connectivity index is 1.25. The maximum absolute atomic E-state index is 5.36. The number of benzene rings is 1. The summed E-state index contributed by atoms with van der Waals surface area (Å²) in [7, 11) is 3.73. The van der Waals surface area contributed by atoms with Crippen LogP contribution in [0.15, 0.2) is 36.7 Å². The highest BCUT2D eigenvalue weighted by Gasteiger charge is 2.37. The molecule has 1 spiro atoms. The molecule has 4 rings (SSSR count). The Hall–Kier alpha value is -1.85. The summed E-state index contributed by atoms with van der Waals surface area (Å²) in [6.45, 7) is 6.99. The van der Waals surface area contributed by atoms with E-state index in [2.05, 4.69) is 39.3 Å². The second-order valence-electron chi connectivity index (χ2n) is 8.43. The summed E-state index contributed by atoms with van der Waals surface area (Å²) in [6, 6.07) is 8.50. The number of ether oxygens (including phenoxy) is 1. The Bertz CT molecular complexity index is 738. The summed E-state index contributed by atoms with van der Waals surface area (Å²) in [5.41, 5.74) is 3.27. The van der Waals surface area contributed by atoms with Crippen molar-refractivity contribution in [2.45, 2.75) is 38.8 Å². The van der Waals surface area contributed by atoms with Gasteiger partial charge in [-0.3, -0.25) is 14.5 Å². The lowest BCUT2D eigenvalue weighted by Crippen LogP contribution is -2.46. The van der Waals surface area contributed by atoms with Gasteiger partial charge in [-0.1, -0.05) is 12.1 Å². The quantitative estimate of drug-likeness (QED) is 0.811. The van der Waals surface area contributed by atoms with Crippen LogP contribution in [0.3, 0.4) is 0 Å². The number of piperidine rings is 2. The first-order chi connectivity index (χ1) is 13.1. The number of aromatic nitrogens is 2. The van der Waals surface area contributed by atoms with E-state index in [1.807, 2.05) is 24.0 Å². The molecule has 0 saturated carbocycles. The molecule has 2 saturated heterocycles. The zero-order valence-electron chi connectivity index (χ0n) is 16.7. The van der Waals surface area contributed by atoms with Gasteiger partial charge in [0.15, 0.2) is 0 Å². The lowest BCUT2D eigenvalue weighted by Gasteiger charge is -2.47. The van der Waals surface area contributed by atoms with E-state index >= 15 is 0 Å². The number of nitrogens with zero attached hydrogens (tertiary/aromatic N) is 4. The predicted molar refractivity (Wildman–Crippen MR) is 108 cm³/mol. The fourth-order valence-corrected chi connectivity index (χ4v) is 4.71. The molecule has 0 N–H and O–H groups in total. The summed E-state index contributed by atoms with van der Waals surface area (Å²) in [5.74, 6) is 0.960. The van der Waals surface area contributed by atoms with Crippen LogP contribution in [0.25, 0.3) is 0 Å². The van der Waals surface area contributed by atoms with Crippen LogP contribution < -0.4 is 4.74 Å². The van der Waals surface area contributed by atoms with Crippen molar-refractivity contribution < 1.29 is 4.74 Å². The van der Waals surface area contributed by atoms with Crippen LogP contribution in [-0.4, -0.2) is 52.9 Å². The largest absolute Gasteiger partial charge is 0.497 e. The summed E-state index contributed by atoms with van der Waals surface area (Å²) >= 11 is 0. The molecule has 0 radical (unpaired) electrons. The predicted octanol–water partition coefficient (Wildman–Crippen LogP) is 3.31. The highest BCUT2D eigenvalue weighted by Crippen LogP contribution is 2.41. The van der Waals surface area contributed by atoms with Crippen molar-refractivity contribution >= 4 is 0 Å². The van der Waals surface area contributed by atoms with Gasteiger partial charge >= 0.3 is 0 Å². The standard InChI is InChI=1S/C22H32N4O/c1-24-16-20(15-23-24)18-26-12-8-22(9-13-26)6-10-25(11-7-22)17-19-4-3-5-21(14-19)27-2/h3-5,14-16H,6-13,17-18H2,1-2H3. The summed E-state index contributed by atoms with van der Waals surface area (Å²) in [6.07, 6.45) is 9.53. The van der Waals surface area contributed by atoms with Crippen LogP contribution >= 0.6 is 0 Å². The fraction of sp³-hybridized carbons (Fsp3) is 0.591. The molecule has 0 unspecified atom stereocenters. The van der Waals surface area contributed by atoms with Crippen LogP contribution in [-0.2, 0) is 20.1 Å². The molecule has 0 aliphatic carbocycles. The maximum atomic E-state index is 5.36. The van der Waals surface area contributed by atoms with E-state index in [1.54, 1.807) is 7.11 Å². The number of aryl methyl sites for hydroxylation is 1. The third-order valence-electron chi connectivity index (χ3n) is 6.54. The summed E-state index contributed by atoms with van der Waals surface area (Å²) in [4.78, 5) is 5.22. The van der Waals surface area contributed by atoms with Gasteiger partial charge in [0.1, 0.15) is 5.75 Å². The van der Waals surface area contributed by atoms with E-state index < -0.39 is 0 Å². The van der Waals surface area contributed by atoms with E-state index in [1.165, 1.54) is 63.0 Å². The second-order valence-corrected chi connectivity index (χ2v) is 8.43. The van der Waals surface area contributed by atoms with Crippen LogP contribution in [0.5, 0.6) is 5.75 Å². The molecule has 2 aliphatic heterocycles. The van der Waals surface area contributed by atoms with E-state index in [-0.39, 0.29) is 0 Å². The number of hydrogen-bond donors (Lipinski definition) is 0. The Morgan fingerprint density at radius 2 is 1.59 bits per heavy atom. The highest BCUT2D eigenvalue weighted by molar-refractivity contribution is 5.28. The molecule has 2 fully saturated rings. The molecule has 5 heteroatoms. The lowest BCUT2D eigenvalue weighted by molar-refractivity contribution is 0.0299. The third-order valence-corrected chi connectivity index (χ3v) is 6.54. The van der Waals surface area contributed by atoms with Gasteiger partial charge in [-0.05, 0) is 75.0 Å². The first-order valence-electron chi connectivity index (χ1n) is 10.2. The minimum Gasteiger partial charge on any atom is -0.497 e. The normalized spacial score (nSPS) is 20.8. The molecular weight excluding hydrogens is 336 g/mol. The Kier molecular flexibility index (Phi) is 5.50. The minimum absolute atomic E-state index is 0.580. The number of methoxy groups -OCH3 is 1.